The highest BCUT2D eigenvalue weighted by molar-refractivity contribution is 5.31. The Labute approximate surface area is 124 Å². The molecule has 0 saturated heterocycles. The number of nitriles is 1. The third kappa shape index (κ3) is 2.97. The smallest absolute Gasteiger partial charge is 0.229 e. The normalized spacial score (nSPS) is 18.8. The largest absolute Gasteiger partial charge is 0.339 e. The first-order chi connectivity index (χ1) is 10.3. The number of fused-ring (bicyclic) bond motifs is 1. The van der Waals surface area contributed by atoms with Gasteiger partial charge in [0, 0.05) is 18.3 Å². The summed E-state index contributed by atoms with van der Waals surface area (Å²) in [5.74, 6) is 1.99. The van der Waals surface area contributed by atoms with Crippen LogP contribution in [0.2, 0.25) is 0 Å². The van der Waals surface area contributed by atoms with Crippen LogP contribution in [0.25, 0.3) is 0 Å². The third-order valence-corrected chi connectivity index (χ3v) is 4.28. The van der Waals surface area contributed by atoms with E-state index in [1.165, 1.54) is 11.1 Å². The van der Waals surface area contributed by atoms with Crippen molar-refractivity contribution < 1.29 is 4.52 Å². The van der Waals surface area contributed by atoms with E-state index in [2.05, 4.69) is 40.5 Å². The van der Waals surface area contributed by atoms with E-state index in [4.69, 9.17) is 9.78 Å². The second-order valence-electron chi connectivity index (χ2n) is 5.80. The summed E-state index contributed by atoms with van der Waals surface area (Å²) in [6.07, 6.45) is 4.43. The van der Waals surface area contributed by atoms with Gasteiger partial charge in [-0.15, -0.1) is 0 Å². The Kier molecular flexibility index (Phi) is 4.01. The molecule has 0 N–H and O–H groups in total. The maximum atomic E-state index is 8.65. The van der Waals surface area contributed by atoms with Crippen LogP contribution in [0.3, 0.4) is 0 Å². The molecule has 0 spiro atoms. The Morgan fingerprint density at radius 2 is 2.19 bits per heavy atom. The molecule has 0 fully saturated rings. The van der Waals surface area contributed by atoms with Gasteiger partial charge in [-0.05, 0) is 36.8 Å². The molecule has 0 aliphatic heterocycles. The summed E-state index contributed by atoms with van der Waals surface area (Å²) in [5, 5.41) is 12.8. The lowest BCUT2D eigenvalue weighted by atomic mass is 9.83. The van der Waals surface area contributed by atoms with Crippen LogP contribution < -0.4 is 0 Å². The summed E-state index contributed by atoms with van der Waals surface area (Å²) in [5.41, 5.74) is 2.84. The van der Waals surface area contributed by atoms with Crippen molar-refractivity contribution in [2.24, 2.45) is 0 Å². The molecule has 3 rings (SSSR count). The Balaban J connectivity index is 1.72. The summed E-state index contributed by atoms with van der Waals surface area (Å²) < 4.78 is 5.39. The fourth-order valence-corrected chi connectivity index (χ4v) is 2.94. The lowest BCUT2D eigenvalue weighted by Gasteiger charge is -2.21. The SMILES string of the molecule is CC(CCC#N)c1nc(C2CCc3ccccc3C2)no1. The van der Waals surface area contributed by atoms with Gasteiger partial charge < -0.3 is 4.52 Å². The van der Waals surface area contributed by atoms with Crippen molar-refractivity contribution >= 4 is 0 Å². The zero-order chi connectivity index (χ0) is 14.7. The van der Waals surface area contributed by atoms with Crippen molar-refractivity contribution in [2.75, 3.05) is 0 Å². The van der Waals surface area contributed by atoms with Gasteiger partial charge in [0.25, 0.3) is 0 Å². The van der Waals surface area contributed by atoms with Crippen LogP contribution in [0.1, 0.15) is 60.9 Å². The van der Waals surface area contributed by atoms with E-state index >= 15 is 0 Å². The predicted octanol–water partition coefficient (Wildman–Crippen LogP) is 3.75. The molecule has 1 heterocycles. The summed E-state index contributed by atoms with van der Waals surface area (Å²) in [6, 6.07) is 10.7. The number of hydrogen-bond donors (Lipinski definition) is 0. The van der Waals surface area contributed by atoms with Crippen LogP contribution in [-0.2, 0) is 12.8 Å². The molecule has 0 bridgehead atoms. The van der Waals surface area contributed by atoms with Crippen LogP contribution in [0.4, 0.5) is 0 Å². The number of nitrogens with zero attached hydrogens (tertiary/aromatic N) is 3. The topological polar surface area (TPSA) is 62.7 Å². The molecular formula is C17H19N3O. The van der Waals surface area contributed by atoms with Gasteiger partial charge in [0.1, 0.15) is 0 Å². The maximum Gasteiger partial charge on any atom is 0.229 e. The zero-order valence-corrected chi connectivity index (χ0v) is 12.2. The molecular weight excluding hydrogens is 262 g/mol. The highest BCUT2D eigenvalue weighted by Crippen LogP contribution is 2.32. The van der Waals surface area contributed by atoms with Gasteiger partial charge in [-0.3, -0.25) is 0 Å². The number of aryl methyl sites for hydroxylation is 1. The summed E-state index contributed by atoms with van der Waals surface area (Å²) in [4.78, 5) is 4.57. The lowest BCUT2D eigenvalue weighted by molar-refractivity contribution is 0.346. The molecule has 1 aliphatic carbocycles. The number of rotatable bonds is 4. The molecule has 1 aromatic heterocycles. The maximum absolute atomic E-state index is 8.65. The van der Waals surface area contributed by atoms with E-state index in [-0.39, 0.29) is 5.92 Å². The van der Waals surface area contributed by atoms with Gasteiger partial charge in [0.05, 0.1) is 6.07 Å². The van der Waals surface area contributed by atoms with Crippen molar-refractivity contribution in [2.45, 2.75) is 50.9 Å². The minimum absolute atomic E-state index is 0.154. The van der Waals surface area contributed by atoms with Crippen LogP contribution in [0, 0.1) is 11.3 Å². The third-order valence-electron chi connectivity index (χ3n) is 4.28. The molecule has 21 heavy (non-hydrogen) atoms. The van der Waals surface area contributed by atoms with Crippen LogP contribution in [0.15, 0.2) is 28.8 Å². The van der Waals surface area contributed by atoms with E-state index in [9.17, 15) is 0 Å². The molecule has 1 aromatic carbocycles. The van der Waals surface area contributed by atoms with Gasteiger partial charge in [0.2, 0.25) is 5.89 Å². The minimum atomic E-state index is 0.154. The second-order valence-corrected chi connectivity index (χ2v) is 5.80. The molecule has 108 valence electrons. The monoisotopic (exact) mass is 281 g/mol. The zero-order valence-electron chi connectivity index (χ0n) is 12.2. The summed E-state index contributed by atoms with van der Waals surface area (Å²) in [7, 11) is 0. The van der Waals surface area contributed by atoms with Crippen LogP contribution in [-0.4, -0.2) is 10.1 Å². The molecule has 0 amide bonds. The van der Waals surface area contributed by atoms with Crippen molar-refractivity contribution in [1.82, 2.24) is 10.1 Å². The molecule has 4 heteroatoms. The Bertz CT molecular complexity index is 656. The molecule has 4 nitrogen and oxygen atoms in total. The van der Waals surface area contributed by atoms with E-state index in [1.807, 2.05) is 6.92 Å². The van der Waals surface area contributed by atoms with Crippen molar-refractivity contribution in [3.05, 3.63) is 47.1 Å². The van der Waals surface area contributed by atoms with Crippen molar-refractivity contribution in [3.8, 4) is 6.07 Å². The molecule has 2 aromatic rings. The number of aromatic nitrogens is 2. The Morgan fingerprint density at radius 1 is 1.38 bits per heavy atom. The predicted molar refractivity (Wildman–Crippen MR) is 78.8 cm³/mol. The fourth-order valence-electron chi connectivity index (χ4n) is 2.94. The average Bonchev–Trinajstić information content (AvgIpc) is 3.02. The molecule has 0 radical (unpaired) electrons. The van der Waals surface area contributed by atoms with Gasteiger partial charge >= 0.3 is 0 Å². The van der Waals surface area contributed by atoms with Crippen molar-refractivity contribution in [1.29, 1.82) is 5.26 Å². The van der Waals surface area contributed by atoms with E-state index < -0.39 is 0 Å². The highest BCUT2D eigenvalue weighted by Gasteiger charge is 2.25. The molecule has 1 aliphatic rings. The van der Waals surface area contributed by atoms with Crippen LogP contribution >= 0.6 is 0 Å². The first-order valence-electron chi connectivity index (χ1n) is 7.55. The Hall–Kier alpha value is -2.15. The standard InChI is InChI=1S/C17H19N3O/c1-12(5-4-10-18)17-19-16(20-21-17)15-9-8-13-6-2-3-7-14(13)11-15/h2-3,6-7,12,15H,4-5,8-9,11H2,1H3. The van der Waals surface area contributed by atoms with Gasteiger partial charge in [0.15, 0.2) is 5.82 Å². The second kappa shape index (κ2) is 6.09. The fraction of sp³-hybridized carbons (Fsp3) is 0.471. The van der Waals surface area contributed by atoms with E-state index in [1.54, 1.807) is 0 Å². The molecule has 2 atom stereocenters. The van der Waals surface area contributed by atoms with E-state index in [0.29, 0.717) is 18.2 Å². The van der Waals surface area contributed by atoms with Crippen LogP contribution in [0.5, 0.6) is 0 Å². The minimum Gasteiger partial charge on any atom is -0.339 e. The van der Waals surface area contributed by atoms with Gasteiger partial charge in [-0.25, -0.2) is 0 Å². The summed E-state index contributed by atoms with van der Waals surface area (Å²) >= 11 is 0. The first kappa shape index (κ1) is 13.8. The lowest BCUT2D eigenvalue weighted by Crippen LogP contribution is -2.13. The number of benzene rings is 1. The van der Waals surface area contributed by atoms with Gasteiger partial charge in [-0.1, -0.05) is 36.3 Å². The quantitative estimate of drug-likeness (QED) is 0.856. The highest BCUT2D eigenvalue weighted by atomic mass is 16.5. The Morgan fingerprint density at radius 3 is 3.00 bits per heavy atom. The average molecular weight is 281 g/mol. The summed E-state index contributed by atoms with van der Waals surface area (Å²) in [6.45, 7) is 2.03. The van der Waals surface area contributed by atoms with Crippen molar-refractivity contribution in [3.63, 3.8) is 0 Å². The molecule has 0 saturated carbocycles. The van der Waals surface area contributed by atoms with Gasteiger partial charge in [-0.2, -0.15) is 10.2 Å². The van der Waals surface area contributed by atoms with E-state index in [0.717, 1.165) is 31.5 Å². The number of hydrogen-bond acceptors (Lipinski definition) is 4. The first-order valence-corrected chi connectivity index (χ1v) is 7.55. The molecule has 2 unspecified atom stereocenters.